The molecule has 4 heteroatoms. The van der Waals surface area contributed by atoms with Crippen LogP contribution in [0.3, 0.4) is 0 Å². The molecule has 0 unspecified atom stereocenters. The van der Waals surface area contributed by atoms with Gasteiger partial charge in [-0.05, 0) is 50.9 Å². The molecule has 0 bridgehead atoms. The van der Waals surface area contributed by atoms with E-state index < -0.39 is 5.60 Å². The molecule has 0 aromatic heterocycles. The molecule has 0 saturated heterocycles. The lowest BCUT2D eigenvalue weighted by Crippen LogP contribution is -2.53. The Balaban J connectivity index is 1.89. The van der Waals surface area contributed by atoms with Crippen molar-refractivity contribution < 1.29 is 9.90 Å². The summed E-state index contributed by atoms with van der Waals surface area (Å²) >= 11 is 0. The van der Waals surface area contributed by atoms with Gasteiger partial charge in [0.05, 0.1) is 11.0 Å². The summed E-state index contributed by atoms with van der Waals surface area (Å²) in [5.41, 5.74) is 4.82. The predicted molar refractivity (Wildman–Crippen MR) is 70.9 cm³/mol. The van der Waals surface area contributed by atoms with Gasteiger partial charge in [0.2, 0.25) is 5.91 Å². The van der Waals surface area contributed by atoms with Gasteiger partial charge in [0.25, 0.3) is 0 Å². The maximum atomic E-state index is 12.3. The molecule has 4 nitrogen and oxygen atoms in total. The van der Waals surface area contributed by atoms with Crippen molar-refractivity contribution in [2.24, 2.45) is 17.1 Å². The predicted octanol–water partition coefficient (Wildman–Crippen LogP) is 1.17. The van der Waals surface area contributed by atoms with E-state index in [1.54, 1.807) is 0 Å². The van der Waals surface area contributed by atoms with Gasteiger partial charge in [-0.25, -0.2) is 0 Å². The van der Waals surface area contributed by atoms with E-state index in [2.05, 4.69) is 12.2 Å². The van der Waals surface area contributed by atoms with E-state index in [9.17, 15) is 9.90 Å². The third kappa shape index (κ3) is 2.69. The molecule has 2 rings (SSSR count). The van der Waals surface area contributed by atoms with Gasteiger partial charge < -0.3 is 16.2 Å². The van der Waals surface area contributed by atoms with Gasteiger partial charge in [0.1, 0.15) is 0 Å². The highest BCUT2D eigenvalue weighted by Gasteiger charge is 2.41. The molecule has 4 N–H and O–H groups in total. The fourth-order valence-electron chi connectivity index (χ4n) is 3.03. The molecule has 2 aliphatic carbocycles. The number of rotatable bonds is 4. The number of amides is 1. The van der Waals surface area contributed by atoms with E-state index in [0.717, 1.165) is 44.9 Å². The van der Waals surface area contributed by atoms with Crippen LogP contribution < -0.4 is 11.1 Å². The van der Waals surface area contributed by atoms with Crippen molar-refractivity contribution in [3.63, 3.8) is 0 Å². The van der Waals surface area contributed by atoms with Gasteiger partial charge in [-0.3, -0.25) is 4.79 Å². The minimum atomic E-state index is -0.645. The molecule has 0 aliphatic heterocycles. The monoisotopic (exact) mass is 254 g/mol. The maximum Gasteiger partial charge on any atom is 0.227 e. The summed E-state index contributed by atoms with van der Waals surface area (Å²) in [7, 11) is 0. The molecule has 0 radical (unpaired) electrons. The number of carbonyl (C=O) groups is 1. The van der Waals surface area contributed by atoms with E-state index in [-0.39, 0.29) is 11.3 Å². The molecular formula is C14H26N2O2. The van der Waals surface area contributed by atoms with Crippen LogP contribution in [-0.2, 0) is 4.79 Å². The molecule has 1 amide bonds. The van der Waals surface area contributed by atoms with Crippen molar-refractivity contribution in [1.82, 2.24) is 5.32 Å². The molecule has 2 aliphatic rings. The zero-order valence-electron chi connectivity index (χ0n) is 11.4. The van der Waals surface area contributed by atoms with Crippen LogP contribution in [0.1, 0.15) is 51.9 Å². The van der Waals surface area contributed by atoms with Crippen LogP contribution in [0.15, 0.2) is 0 Å². The number of hydrogen-bond donors (Lipinski definition) is 3. The summed E-state index contributed by atoms with van der Waals surface area (Å²) in [5.74, 6) is 0.755. The summed E-state index contributed by atoms with van der Waals surface area (Å²) in [6.45, 7) is 3.04. The number of nitrogens with two attached hydrogens (primary N) is 1. The van der Waals surface area contributed by atoms with Crippen LogP contribution in [-0.4, -0.2) is 29.7 Å². The Morgan fingerprint density at radius 3 is 2.39 bits per heavy atom. The first-order valence-corrected chi connectivity index (χ1v) is 7.20. The molecule has 18 heavy (non-hydrogen) atoms. The summed E-state index contributed by atoms with van der Waals surface area (Å²) < 4.78 is 0. The van der Waals surface area contributed by atoms with Crippen LogP contribution in [0, 0.1) is 11.3 Å². The first-order valence-electron chi connectivity index (χ1n) is 7.20. The normalized spacial score (nSPS) is 34.7. The number of carbonyl (C=O) groups excluding carboxylic acids is 1. The van der Waals surface area contributed by atoms with Gasteiger partial charge in [0, 0.05) is 13.1 Å². The fourth-order valence-corrected chi connectivity index (χ4v) is 3.03. The molecule has 0 heterocycles. The third-order valence-electron chi connectivity index (χ3n) is 4.97. The Kier molecular flexibility index (Phi) is 3.97. The lowest BCUT2D eigenvalue weighted by Gasteiger charge is -2.40. The minimum Gasteiger partial charge on any atom is -0.388 e. The lowest BCUT2D eigenvalue weighted by molar-refractivity contribution is -0.135. The first kappa shape index (κ1) is 13.8. The van der Waals surface area contributed by atoms with Crippen LogP contribution in [0.25, 0.3) is 0 Å². The van der Waals surface area contributed by atoms with Crippen molar-refractivity contribution in [3.8, 4) is 0 Å². The molecule has 0 aromatic rings. The Morgan fingerprint density at radius 2 is 1.94 bits per heavy atom. The average Bonchev–Trinajstić information content (AvgIpc) is 2.35. The second-order valence-electron chi connectivity index (χ2n) is 6.43. The summed E-state index contributed by atoms with van der Waals surface area (Å²) in [5, 5.41) is 12.9. The molecule has 0 spiro atoms. The topological polar surface area (TPSA) is 75.4 Å². The van der Waals surface area contributed by atoms with Crippen molar-refractivity contribution in [3.05, 3.63) is 0 Å². The minimum absolute atomic E-state index is 0.0530. The SMILES string of the molecule is CC1CCC(CN)(C(=O)NCC2(O)CCC2)CC1. The highest BCUT2D eigenvalue weighted by molar-refractivity contribution is 5.83. The summed E-state index contributed by atoms with van der Waals surface area (Å²) in [6, 6.07) is 0. The van der Waals surface area contributed by atoms with Crippen molar-refractivity contribution in [2.45, 2.75) is 57.5 Å². The second kappa shape index (κ2) is 5.17. The standard InChI is InChI=1S/C14H26N2O2/c1-11-3-7-13(9-15,8-4-11)12(17)16-10-14(18)5-2-6-14/h11,18H,2-10,15H2,1H3,(H,16,17). The zero-order valence-corrected chi connectivity index (χ0v) is 11.4. The van der Waals surface area contributed by atoms with Gasteiger partial charge in [-0.1, -0.05) is 6.92 Å². The van der Waals surface area contributed by atoms with E-state index in [1.807, 2.05) is 0 Å². The second-order valence-corrected chi connectivity index (χ2v) is 6.43. The molecule has 0 aromatic carbocycles. The largest absolute Gasteiger partial charge is 0.388 e. The van der Waals surface area contributed by atoms with Crippen molar-refractivity contribution >= 4 is 5.91 Å². The van der Waals surface area contributed by atoms with Crippen molar-refractivity contribution in [1.29, 1.82) is 0 Å². The van der Waals surface area contributed by atoms with E-state index in [0.29, 0.717) is 19.0 Å². The maximum absolute atomic E-state index is 12.3. The lowest BCUT2D eigenvalue weighted by atomic mass is 9.70. The van der Waals surface area contributed by atoms with Gasteiger partial charge in [-0.2, -0.15) is 0 Å². The fraction of sp³-hybridized carbons (Fsp3) is 0.929. The van der Waals surface area contributed by atoms with Crippen LogP contribution >= 0.6 is 0 Å². The van der Waals surface area contributed by atoms with Crippen molar-refractivity contribution in [2.75, 3.05) is 13.1 Å². The number of nitrogens with one attached hydrogen (secondary N) is 1. The Hall–Kier alpha value is -0.610. The van der Waals surface area contributed by atoms with E-state index in [1.165, 1.54) is 0 Å². The first-order chi connectivity index (χ1) is 8.50. The summed E-state index contributed by atoms with van der Waals surface area (Å²) in [6.07, 6.45) is 6.60. The van der Waals surface area contributed by atoms with Gasteiger partial charge >= 0.3 is 0 Å². The van der Waals surface area contributed by atoms with Crippen LogP contribution in [0.2, 0.25) is 0 Å². The van der Waals surface area contributed by atoms with Gasteiger partial charge in [-0.15, -0.1) is 0 Å². The quantitative estimate of drug-likeness (QED) is 0.705. The van der Waals surface area contributed by atoms with Crippen LogP contribution in [0.4, 0.5) is 0 Å². The Labute approximate surface area is 109 Å². The van der Waals surface area contributed by atoms with Crippen LogP contribution in [0.5, 0.6) is 0 Å². The van der Waals surface area contributed by atoms with E-state index >= 15 is 0 Å². The number of aliphatic hydroxyl groups is 1. The number of hydrogen-bond acceptors (Lipinski definition) is 3. The molecule has 2 fully saturated rings. The molecule has 104 valence electrons. The highest BCUT2D eigenvalue weighted by atomic mass is 16.3. The Bertz CT molecular complexity index is 305. The highest BCUT2D eigenvalue weighted by Crippen LogP contribution is 2.38. The smallest absolute Gasteiger partial charge is 0.227 e. The van der Waals surface area contributed by atoms with E-state index in [4.69, 9.17) is 5.73 Å². The van der Waals surface area contributed by atoms with Gasteiger partial charge in [0.15, 0.2) is 0 Å². The zero-order chi connectivity index (χ0) is 13.2. The Morgan fingerprint density at radius 1 is 1.33 bits per heavy atom. The molecule has 0 atom stereocenters. The molecule has 2 saturated carbocycles. The average molecular weight is 254 g/mol. The summed E-state index contributed by atoms with van der Waals surface area (Å²) in [4.78, 5) is 12.3. The third-order valence-corrected chi connectivity index (χ3v) is 4.97. The molecular weight excluding hydrogens is 228 g/mol.